The second kappa shape index (κ2) is 9.01. The Hall–Kier alpha value is -1.68. The van der Waals surface area contributed by atoms with Crippen LogP contribution in [0.15, 0.2) is 5.16 Å². The lowest BCUT2D eigenvalue weighted by Gasteiger charge is -2.17. The van der Waals surface area contributed by atoms with Gasteiger partial charge in [0.25, 0.3) is 5.91 Å². The summed E-state index contributed by atoms with van der Waals surface area (Å²) in [5, 5.41) is 3.32. The maximum absolute atomic E-state index is 12.1. The predicted molar refractivity (Wildman–Crippen MR) is 102 cm³/mol. The first-order valence-electron chi connectivity index (χ1n) is 8.69. The van der Waals surface area contributed by atoms with Gasteiger partial charge in [0.05, 0.1) is 11.5 Å². The summed E-state index contributed by atoms with van der Waals surface area (Å²) in [6.07, 6.45) is 1.86. The lowest BCUT2D eigenvalue weighted by Crippen LogP contribution is -2.42. The molecule has 1 N–H and O–H groups in total. The van der Waals surface area contributed by atoms with Crippen LogP contribution >= 0.6 is 11.8 Å². The minimum atomic E-state index is -3.08. The van der Waals surface area contributed by atoms with E-state index in [0.29, 0.717) is 18.0 Å². The zero-order chi connectivity index (χ0) is 20.2. The number of hydrogen-bond donors (Lipinski definition) is 1. The number of hydrogen-bond acceptors (Lipinski definition) is 8. The molecule has 150 valence electrons. The highest BCUT2D eigenvalue weighted by molar-refractivity contribution is 7.98. The molecule has 0 radical (unpaired) electrons. The largest absolute Gasteiger partial charge is 0.453 e. The van der Waals surface area contributed by atoms with Crippen LogP contribution in [0.4, 0.5) is 0 Å². The fourth-order valence-electron chi connectivity index (χ4n) is 2.93. The Morgan fingerprint density at radius 1 is 1.30 bits per heavy atom. The molecule has 2 rings (SSSR count). The van der Waals surface area contributed by atoms with Gasteiger partial charge in [-0.25, -0.2) is 18.4 Å². The number of thioether (sulfide) groups is 1. The molecule has 0 bridgehead atoms. The van der Waals surface area contributed by atoms with Crippen molar-refractivity contribution in [3.8, 4) is 0 Å². The SMILES string of the molecule is CSc1nc(C)c(CCC(=O)O[C@H](C)C(=O)N[C@@H]2CCS(=O)(=O)C2)c(C)n1. The van der Waals surface area contributed by atoms with Crippen molar-refractivity contribution in [3.63, 3.8) is 0 Å². The quantitative estimate of drug-likeness (QED) is 0.398. The van der Waals surface area contributed by atoms with Crippen molar-refractivity contribution in [2.45, 2.75) is 57.3 Å². The monoisotopic (exact) mass is 415 g/mol. The summed E-state index contributed by atoms with van der Waals surface area (Å²) < 4.78 is 28.0. The van der Waals surface area contributed by atoms with Crippen LogP contribution in [0.5, 0.6) is 0 Å². The zero-order valence-electron chi connectivity index (χ0n) is 15.9. The van der Waals surface area contributed by atoms with E-state index in [-0.39, 0.29) is 17.9 Å². The molecule has 27 heavy (non-hydrogen) atoms. The van der Waals surface area contributed by atoms with E-state index in [4.69, 9.17) is 4.74 Å². The summed E-state index contributed by atoms with van der Waals surface area (Å²) >= 11 is 1.46. The number of ether oxygens (including phenoxy) is 1. The molecule has 1 fully saturated rings. The van der Waals surface area contributed by atoms with Crippen molar-refractivity contribution in [3.05, 3.63) is 17.0 Å². The molecule has 0 aliphatic carbocycles. The van der Waals surface area contributed by atoms with Crippen LogP contribution < -0.4 is 5.32 Å². The highest BCUT2D eigenvalue weighted by Gasteiger charge is 2.30. The Morgan fingerprint density at radius 2 is 1.93 bits per heavy atom. The van der Waals surface area contributed by atoms with Gasteiger partial charge in [-0.3, -0.25) is 9.59 Å². The van der Waals surface area contributed by atoms with Crippen LogP contribution in [-0.2, 0) is 30.6 Å². The fraction of sp³-hybridized carbons (Fsp3) is 0.647. The third-order valence-electron chi connectivity index (χ3n) is 4.42. The van der Waals surface area contributed by atoms with E-state index in [1.54, 1.807) is 0 Å². The number of nitrogens with one attached hydrogen (secondary N) is 1. The number of carbonyl (C=O) groups excluding carboxylic acids is 2. The molecule has 1 aromatic rings. The molecular formula is C17H25N3O5S2. The molecular weight excluding hydrogens is 390 g/mol. The first-order valence-corrected chi connectivity index (χ1v) is 11.7. The number of aryl methyl sites for hydroxylation is 2. The summed E-state index contributed by atoms with van der Waals surface area (Å²) in [4.78, 5) is 32.9. The van der Waals surface area contributed by atoms with E-state index in [9.17, 15) is 18.0 Å². The lowest BCUT2D eigenvalue weighted by molar-refractivity contribution is -0.155. The van der Waals surface area contributed by atoms with Gasteiger partial charge in [-0.1, -0.05) is 11.8 Å². The van der Waals surface area contributed by atoms with Crippen molar-refractivity contribution in [2.24, 2.45) is 0 Å². The van der Waals surface area contributed by atoms with Gasteiger partial charge >= 0.3 is 5.97 Å². The van der Waals surface area contributed by atoms with Gasteiger partial charge in [0.1, 0.15) is 0 Å². The van der Waals surface area contributed by atoms with Gasteiger partial charge in [0.15, 0.2) is 21.1 Å². The van der Waals surface area contributed by atoms with Crippen molar-refractivity contribution < 1.29 is 22.7 Å². The van der Waals surface area contributed by atoms with Crippen LogP contribution in [0.3, 0.4) is 0 Å². The second-order valence-electron chi connectivity index (χ2n) is 6.60. The molecule has 10 heteroatoms. The average Bonchev–Trinajstić information content (AvgIpc) is 2.92. The molecule has 1 saturated heterocycles. The van der Waals surface area contributed by atoms with Crippen molar-refractivity contribution in [2.75, 3.05) is 17.8 Å². The highest BCUT2D eigenvalue weighted by Crippen LogP contribution is 2.17. The van der Waals surface area contributed by atoms with Crippen LogP contribution in [0.2, 0.25) is 0 Å². The minimum absolute atomic E-state index is 0.0655. The number of carbonyl (C=O) groups is 2. The highest BCUT2D eigenvalue weighted by atomic mass is 32.2. The average molecular weight is 416 g/mol. The minimum Gasteiger partial charge on any atom is -0.453 e. The number of aromatic nitrogens is 2. The number of esters is 1. The Kier molecular flexibility index (Phi) is 7.21. The summed E-state index contributed by atoms with van der Waals surface area (Å²) in [6, 6.07) is -0.416. The van der Waals surface area contributed by atoms with Gasteiger partial charge in [-0.2, -0.15) is 0 Å². The fourth-order valence-corrected chi connectivity index (χ4v) is 5.06. The molecule has 0 spiro atoms. The van der Waals surface area contributed by atoms with Crippen LogP contribution in [0.1, 0.15) is 36.7 Å². The number of sulfone groups is 1. The second-order valence-corrected chi connectivity index (χ2v) is 9.60. The molecule has 1 aliphatic rings. The number of amides is 1. The van der Waals surface area contributed by atoms with Crippen molar-refractivity contribution in [1.29, 1.82) is 0 Å². The summed E-state index contributed by atoms with van der Waals surface area (Å²) in [7, 11) is -3.08. The summed E-state index contributed by atoms with van der Waals surface area (Å²) in [6.45, 7) is 5.23. The summed E-state index contributed by atoms with van der Waals surface area (Å²) in [5.41, 5.74) is 2.55. The molecule has 0 saturated carbocycles. The molecule has 1 amide bonds. The van der Waals surface area contributed by atoms with Crippen LogP contribution in [0, 0.1) is 13.8 Å². The van der Waals surface area contributed by atoms with E-state index in [0.717, 1.165) is 17.0 Å². The van der Waals surface area contributed by atoms with E-state index in [2.05, 4.69) is 15.3 Å². The van der Waals surface area contributed by atoms with Crippen LogP contribution in [-0.4, -0.2) is 60.2 Å². The molecule has 1 aliphatic heterocycles. The predicted octanol–water partition coefficient (Wildman–Crippen LogP) is 0.983. The Labute approximate surface area is 163 Å². The van der Waals surface area contributed by atoms with Crippen molar-refractivity contribution in [1.82, 2.24) is 15.3 Å². The Balaban J connectivity index is 1.84. The topological polar surface area (TPSA) is 115 Å². The van der Waals surface area contributed by atoms with Gasteiger partial charge in [0.2, 0.25) is 0 Å². The standard InChI is InChI=1S/C17H25N3O5S2/c1-10-14(11(2)19-17(18-10)26-4)5-6-15(21)25-12(3)16(22)20-13-7-8-27(23,24)9-13/h12-13H,5-9H2,1-4H3,(H,20,22)/t12-,13-/m1/s1. The molecule has 2 heterocycles. The lowest BCUT2D eigenvalue weighted by atomic mass is 10.1. The van der Waals surface area contributed by atoms with E-state index in [1.165, 1.54) is 18.7 Å². The molecule has 0 unspecified atom stereocenters. The molecule has 2 atom stereocenters. The maximum atomic E-state index is 12.1. The first kappa shape index (κ1) is 21.6. The smallest absolute Gasteiger partial charge is 0.306 e. The third-order valence-corrected chi connectivity index (χ3v) is 6.73. The number of nitrogens with zero attached hydrogens (tertiary/aromatic N) is 2. The summed E-state index contributed by atoms with van der Waals surface area (Å²) in [5.74, 6) is -0.971. The van der Waals surface area contributed by atoms with Gasteiger partial charge in [-0.05, 0) is 45.4 Å². The van der Waals surface area contributed by atoms with E-state index >= 15 is 0 Å². The number of rotatable bonds is 7. The molecule has 0 aromatic carbocycles. The third kappa shape index (κ3) is 6.17. The van der Waals surface area contributed by atoms with E-state index < -0.39 is 33.9 Å². The Morgan fingerprint density at radius 3 is 2.44 bits per heavy atom. The van der Waals surface area contributed by atoms with Crippen molar-refractivity contribution >= 4 is 33.5 Å². The Bertz CT molecular complexity index is 803. The van der Waals surface area contributed by atoms with E-state index in [1.807, 2.05) is 20.1 Å². The molecule has 1 aromatic heterocycles. The van der Waals surface area contributed by atoms with Gasteiger partial charge < -0.3 is 10.1 Å². The normalized spacial score (nSPS) is 19.5. The zero-order valence-corrected chi connectivity index (χ0v) is 17.6. The van der Waals surface area contributed by atoms with Crippen LogP contribution in [0.25, 0.3) is 0 Å². The maximum Gasteiger partial charge on any atom is 0.306 e. The van der Waals surface area contributed by atoms with Gasteiger partial charge in [0, 0.05) is 23.9 Å². The van der Waals surface area contributed by atoms with Gasteiger partial charge in [-0.15, -0.1) is 0 Å². The first-order chi connectivity index (χ1) is 12.6. The molecule has 8 nitrogen and oxygen atoms in total.